The van der Waals surface area contributed by atoms with Crippen LogP contribution in [0.2, 0.25) is 0 Å². The maximum atomic E-state index is 12.8. The number of rotatable bonds is 4. The quantitative estimate of drug-likeness (QED) is 0.917. The predicted octanol–water partition coefficient (Wildman–Crippen LogP) is 2.56. The van der Waals surface area contributed by atoms with Crippen LogP contribution in [0.5, 0.6) is 0 Å². The van der Waals surface area contributed by atoms with Crippen LogP contribution >= 0.6 is 0 Å². The number of hydrogen-bond acceptors (Lipinski definition) is 3. The SMILES string of the molecule is CN(Cc1ccc(F)cc1)c1ncccc1C(=O)O. The summed E-state index contributed by atoms with van der Waals surface area (Å²) in [6.45, 7) is 0.456. The molecule has 4 nitrogen and oxygen atoms in total. The number of halogens is 1. The van der Waals surface area contributed by atoms with E-state index in [0.29, 0.717) is 12.4 Å². The molecule has 2 aromatic rings. The summed E-state index contributed by atoms with van der Waals surface area (Å²) in [7, 11) is 1.75. The molecule has 0 unspecified atom stereocenters. The fraction of sp³-hybridized carbons (Fsp3) is 0.143. The van der Waals surface area contributed by atoms with Crippen molar-refractivity contribution >= 4 is 11.8 Å². The van der Waals surface area contributed by atoms with Gasteiger partial charge in [-0.2, -0.15) is 0 Å². The highest BCUT2D eigenvalue weighted by Crippen LogP contribution is 2.18. The van der Waals surface area contributed by atoms with E-state index >= 15 is 0 Å². The molecule has 5 heteroatoms. The lowest BCUT2D eigenvalue weighted by molar-refractivity contribution is 0.0697. The molecule has 0 bridgehead atoms. The van der Waals surface area contributed by atoms with E-state index in [2.05, 4.69) is 4.98 Å². The zero-order chi connectivity index (χ0) is 13.8. The molecule has 0 saturated carbocycles. The first kappa shape index (κ1) is 13.0. The first-order chi connectivity index (χ1) is 9.08. The molecule has 0 aliphatic rings. The molecule has 0 aliphatic heterocycles. The summed E-state index contributed by atoms with van der Waals surface area (Å²) < 4.78 is 12.8. The zero-order valence-corrected chi connectivity index (χ0v) is 10.4. The van der Waals surface area contributed by atoms with E-state index in [0.717, 1.165) is 5.56 Å². The third-order valence-electron chi connectivity index (χ3n) is 2.71. The van der Waals surface area contributed by atoms with Gasteiger partial charge in [0.15, 0.2) is 0 Å². The van der Waals surface area contributed by atoms with Gasteiger partial charge in [-0.05, 0) is 29.8 Å². The molecule has 0 atom stereocenters. The van der Waals surface area contributed by atoms with Gasteiger partial charge in [0, 0.05) is 19.8 Å². The molecule has 0 radical (unpaired) electrons. The van der Waals surface area contributed by atoms with E-state index in [1.54, 1.807) is 36.3 Å². The van der Waals surface area contributed by atoms with Crippen LogP contribution in [0, 0.1) is 5.82 Å². The monoisotopic (exact) mass is 260 g/mol. The minimum absolute atomic E-state index is 0.145. The highest BCUT2D eigenvalue weighted by Gasteiger charge is 2.14. The van der Waals surface area contributed by atoms with Crippen molar-refractivity contribution in [3.05, 3.63) is 59.5 Å². The Morgan fingerprint density at radius 2 is 2.00 bits per heavy atom. The highest BCUT2D eigenvalue weighted by atomic mass is 19.1. The number of aromatic nitrogens is 1. The van der Waals surface area contributed by atoms with Gasteiger partial charge in [0.05, 0.1) is 0 Å². The Balaban J connectivity index is 2.22. The van der Waals surface area contributed by atoms with Crippen molar-refractivity contribution in [1.82, 2.24) is 4.98 Å². The lowest BCUT2D eigenvalue weighted by Gasteiger charge is -2.19. The molecule has 0 saturated heterocycles. The number of benzene rings is 1. The van der Waals surface area contributed by atoms with Crippen molar-refractivity contribution < 1.29 is 14.3 Å². The summed E-state index contributed by atoms with van der Waals surface area (Å²) in [4.78, 5) is 16.9. The molecule has 1 N–H and O–H groups in total. The van der Waals surface area contributed by atoms with E-state index in [1.165, 1.54) is 18.2 Å². The molecular formula is C14H13FN2O2. The van der Waals surface area contributed by atoms with Crippen molar-refractivity contribution in [1.29, 1.82) is 0 Å². The van der Waals surface area contributed by atoms with Gasteiger partial charge >= 0.3 is 5.97 Å². The summed E-state index contributed by atoms with van der Waals surface area (Å²) >= 11 is 0. The van der Waals surface area contributed by atoms with Crippen LogP contribution in [0.25, 0.3) is 0 Å². The lowest BCUT2D eigenvalue weighted by Crippen LogP contribution is -2.20. The normalized spacial score (nSPS) is 10.2. The second-order valence-electron chi connectivity index (χ2n) is 4.16. The van der Waals surface area contributed by atoms with E-state index < -0.39 is 5.97 Å². The van der Waals surface area contributed by atoms with E-state index in [1.807, 2.05) is 0 Å². The highest BCUT2D eigenvalue weighted by molar-refractivity contribution is 5.93. The average Bonchev–Trinajstić information content (AvgIpc) is 2.41. The molecule has 19 heavy (non-hydrogen) atoms. The molecule has 2 rings (SSSR count). The Kier molecular flexibility index (Phi) is 3.75. The predicted molar refractivity (Wildman–Crippen MR) is 69.7 cm³/mol. The number of nitrogens with zero attached hydrogens (tertiary/aromatic N) is 2. The molecule has 98 valence electrons. The average molecular weight is 260 g/mol. The Morgan fingerprint density at radius 1 is 1.32 bits per heavy atom. The van der Waals surface area contributed by atoms with E-state index in [4.69, 9.17) is 5.11 Å². The molecule has 0 fully saturated rings. The maximum absolute atomic E-state index is 12.8. The van der Waals surface area contributed by atoms with Gasteiger partial charge in [0.1, 0.15) is 17.2 Å². The summed E-state index contributed by atoms with van der Waals surface area (Å²) in [6.07, 6.45) is 1.54. The standard InChI is InChI=1S/C14H13FN2O2/c1-17(9-10-4-6-11(15)7-5-10)13-12(14(18)19)3-2-8-16-13/h2-8H,9H2,1H3,(H,18,19). The van der Waals surface area contributed by atoms with Crippen LogP contribution in [0.3, 0.4) is 0 Å². The number of carboxylic acids is 1. The fourth-order valence-corrected chi connectivity index (χ4v) is 1.81. The molecular weight excluding hydrogens is 247 g/mol. The first-order valence-electron chi connectivity index (χ1n) is 5.72. The van der Waals surface area contributed by atoms with Crippen molar-refractivity contribution in [3.8, 4) is 0 Å². The van der Waals surface area contributed by atoms with Gasteiger partial charge in [0.25, 0.3) is 0 Å². The Morgan fingerprint density at radius 3 is 2.63 bits per heavy atom. The minimum Gasteiger partial charge on any atom is -0.478 e. The van der Waals surface area contributed by atoms with Gasteiger partial charge in [-0.25, -0.2) is 14.2 Å². The molecule has 0 aliphatic carbocycles. The Hall–Kier alpha value is -2.43. The van der Waals surface area contributed by atoms with Crippen LogP contribution in [0.1, 0.15) is 15.9 Å². The van der Waals surface area contributed by atoms with Crippen LogP contribution in [0.15, 0.2) is 42.6 Å². The van der Waals surface area contributed by atoms with Crippen LogP contribution in [0.4, 0.5) is 10.2 Å². The Bertz CT molecular complexity index is 584. The number of carbonyl (C=O) groups is 1. The summed E-state index contributed by atoms with van der Waals surface area (Å²) in [5.41, 5.74) is 1.03. The third-order valence-corrected chi connectivity index (χ3v) is 2.71. The van der Waals surface area contributed by atoms with Gasteiger partial charge in [-0.1, -0.05) is 12.1 Å². The summed E-state index contributed by atoms with van der Waals surface area (Å²) in [6, 6.07) is 9.16. The minimum atomic E-state index is -1.02. The van der Waals surface area contributed by atoms with E-state index in [-0.39, 0.29) is 11.4 Å². The number of hydrogen-bond donors (Lipinski definition) is 1. The largest absolute Gasteiger partial charge is 0.478 e. The third kappa shape index (κ3) is 3.07. The molecule has 1 heterocycles. The van der Waals surface area contributed by atoms with Crippen LogP contribution < -0.4 is 4.90 Å². The first-order valence-corrected chi connectivity index (χ1v) is 5.72. The zero-order valence-electron chi connectivity index (χ0n) is 10.4. The molecule has 0 amide bonds. The van der Waals surface area contributed by atoms with Crippen molar-refractivity contribution in [3.63, 3.8) is 0 Å². The summed E-state index contributed by atoms with van der Waals surface area (Å²) in [5, 5.41) is 9.10. The van der Waals surface area contributed by atoms with Crippen LogP contribution in [-0.2, 0) is 6.54 Å². The van der Waals surface area contributed by atoms with Crippen LogP contribution in [-0.4, -0.2) is 23.1 Å². The number of anilines is 1. The Labute approximate surface area is 110 Å². The number of carboxylic acid groups (broad SMARTS) is 1. The van der Waals surface area contributed by atoms with Crippen molar-refractivity contribution in [2.45, 2.75) is 6.54 Å². The second kappa shape index (κ2) is 5.48. The molecule has 1 aromatic carbocycles. The van der Waals surface area contributed by atoms with Gasteiger partial charge < -0.3 is 10.0 Å². The van der Waals surface area contributed by atoms with Crippen molar-refractivity contribution in [2.75, 3.05) is 11.9 Å². The van der Waals surface area contributed by atoms with Gasteiger partial charge in [-0.15, -0.1) is 0 Å². The topological polar surface area (TPSA) is 53.4 Å². The lowest BCUT2D eigenvalue weighted by atomic mass is 10.2. The second-order valence-corrected chi connectivity index (χ2v) is 4.16. The fourth-order valence-electron chi connectivity index (χ4n) is 1.81. The van der Waals surface area contributed by atoms with E-state index in [9.17, 15) is 9.18 Å². The molecule has 0 spiro atoms. The molecule has 1 aromatic heterocycles. The van der Waals surface area contributed by atoms with Crippen molar-refractivity contribution in [2.24, 2.45) is 0 Å². The van der Waals surface area contributed by atoms with Gasteiger partial charge in [0.2, 0.25) is 0 Å². The summed E-state index contributed by atoms with van der Waals surface area (Å²) in [5.74, 6) is -0.927. The van der Waals surface area contributed by atoms with Gasteiger partial charge in [-0.3, -0.25) is 0 Å². The number of aromatic carboxylic acids is 1. The smallest absolute Gasteiger partial charge is 0.339 e. The number of pyridine rings is 1. The maximum Gasteiger partial charge on any atom is 0.339 e.